The van der Waals surface area contributed by atoms with E-state index in [0.717, 1.165) is 12.1 Å². The third-order valence-corrected chi connectivity index (χ3v) is 6.76. The molecule has 2 aromatic rings. The van der Waals surface area contributed by atoms with E-state index in [-0.39, 0.29) is 41.9 Å². The normalized spacial score (nSPS) is 19.7. The molecular formula is C24H17ClF10N4O3. The molecular weight excluding hydrogens is 618 g/mol. The maximum atomic E-state index is 14.8. The Morgan fingerprint density at radius 3 is 2.31 bits per heavy atom. The summed E-state index contributed by atoms with van der Waals surface area (Å²) in [6, 6.07) is 2.40. The van der Waals surface area contributed by atoms with Crippen molar-refractivity contribution < 1.29 is 58.3 Å². The SMILES string of the molecule is Cc1cc(C2=NO[C@](c3cc(C(F)(F)F)cc(Cl)c3F)(C(F)(F)F)C2)ccc1C(=O)NN1CCN(CC(F)(F)F)C1=O. The van der Waals surface area contributed by atoms with Gasteiger partial charge in [0.1, 0.15) is 12.4 Å². The van der Waals surface area contributed by atoms with Crippen LogP contribution in [0.3, 0.4) is 0 Å². The number of halogens is 11. The van der Waals surface area contributed by atoms with Gasteiger partial charge in [0.05, 0.1) is 29.3 Å². The molecule has 4 rings (SSSR count). The van der Waals surface area contributed by atoms with Gasteiger partial charge in [0.2, 0.25) is 0 Å². The smallest absolute Gasteiger partial charge is 0.374 e. The molecule has 0 spiro atoms. The molecule has 18 heteroatoms. The number of nitrogens with zero attached hydrogens (tertiary/aromatic N) is 3. The molecule has 0 unspecified atom stereocenters. The molecule has 1 fully saturated rings. The number of benzene rings is 2. The quantitative estimate of drug-likeness (QED) is 0.391. The Bertz CT molecular complexity index is 1460. The Hall–Kier alpha value is -3.76. The molecule has 3 amide bonds. The number of carbonyl (C=O) groups is 2. The molecule has 0 aliphatic carbocycles. The van der Waals surface area contributed by atoms with E-state index in [2.05, 4.69) is 15.4 Å². The molecule has 0 saturated carbocycles. The van der Waals surface area contributed by atoms with E-state index < -0.39 is 76.7 Å². The van der Waals surface area contributed by atoms with Crippen LogP contribution in [-0.2, 0) is 16.6 Å². The first kappa shape index (κ1) is 31.2. The van der Waals surface area contributed by atoms with Crippen LogP contribution in [-0.4, -0.2) is 59.5 Å². The third-order valence-electron chi connectivity index (χ3n) is 6.48. The number of alkyl halides is 9. The number of urea groups is 1. The zero-order chi connectivity index (χ0) is 31.4. The lowest BCUT2D eigenvalue weighted by molar-refractivity contribution is -0.276. The molecule has 1 atom stereocenters. The molecule has 42 heavy (non-hydrogen) atoms. The van der Waals surface area contributed by atoms with Gasteiger partial charge in [-0.2, -0.15) is 39.5 Å². The summed E-state index contributed by atoms with van der Waals surface area (Å²) >= 11 is 5.49. The summed E-state index contributed by atoms with van der Waals surface area (Å²) in [7, 11) is 0. The predicted molar refractivity (Wildman–Crippen MR) is 125 cm³/mol. The molecule has 228 valence electrons. The first-order chi connectivity index (χ1) is 19.2. The fourth-order valence-corrected chi connectivity index (χ4v) is 4.63. The predicted octanol–water partition coefficient (Wildman–Crippen LogP) is 6.33. The van der Waals surface area contributed by atoms with Crippen LogP contribution in [0.5, 0.6) is 0 Å². The van der Waals surface area contributed by atoms with E-state index in [9.17, 15) is 53.5 Å². The number of oxime groups is 1. The van der Waals surface area contributed by atoms with Crippen molar-refractivity contribution in [2.75, 3.05) is 19.6 Å². The second-order valence-corrected chi connectivity index (χ2v) is 9.80. The van der Waals surface area contributed by atoms with Gasteiger partial charge < -0.3 is 9.74 Å². The van der Waals surface area contributed by atoms with Crippen molar-refractivity contribution in [1.29, 1.82) is 0 Å². The fraction of sp³-hybridized carbons (Fsp3) is 0.375. The van der Waals surface area contributed by atoms with E-state index >= 15 is 0 Å². The molecule has 2 aliphatic heterocycles. The Balaban J connectivity index is 1.57. The minimum absolute atomic E-state index is 0.0542. The summed E-state index contributed by atoms with van der Waals surface area (Å²) in [5, 5.41) is 2.82. The topological polar surface area (TPSA) is 74.2 Å². The third kappa shape index (κ3) is 5.91. The Morgan fingerprint density at radius 1 is 1.07 bits per heavy atom. The summed E-state index contributed by atoms with van der Waals surface area (Å²) in [6.45, 7) is -0.734. The van der Waals surface area contributed by atoms with Crippen molar-refractivity contribution in [2.45, 2.75) is 37.5 Å². The molecule has 0 bridgehead atoms. The minimum atomic E-state index is -5.47. The van der Waals surface area contributed by atoms with Crippen molar-refractivity contribution in [2.24, 2.45) is 5.16 Å². The van der Waals surface area contributed by atoms with Crippen molar-refractivity contribution in [3.63, 3.8) is 0 Å². The fourth-order valence-electron chi connectivity index (χ4n) is 4.41. The van der Waals surface area contributed by atoms with Gasteiger partial charge in [-0.3, -0.25) is 10.2 Å². The van der Waals surface area contributed by atoms with Crippen LogP contribution in [0.4, 0.5) is 48.7 Å². The maximum absolute atomic E-state index is 14.8. The second kappa shape index (κ2) is 10.5. The highest BCUT2D eigenvalue weighted by molar-refractivity contribution is 6.30. The minimum Gasteiger partial charge on any atom is -0.374 e. The summed E-state index contributed by atoms with van der Waals surface area (Å²) < 4.78 is 135. The Morgan fingerprint density at radius 2 is 1.74 bits per heavy atom. The Labute approximate surface area is 234 Å². The van der Waals surface area contributed by atoms with Gasteiger partial charge >= 0.3 is 24.6 Å². The standard InChI is InChI=1S/C24H17ClF10N4O3/c1-11-6-12(2-3-14(11)19(40)36-39-5-4-38(20(39)41)10-22(27,28)29)17-9-21(42-37-17,24(33,34)35)15-7-13(23(30,31)32)8-16(25)18(15)26/h2-3,6-8H,4-5,9-10H2,1H3,(H,36,40)/t21-/m1/s1. The Kier molecular flexibility index (Phi) is 7.80. The second-order valence-electron chi connectivity index (χ2n) is 9.39. The van der Waals surface area contributed by atoms with Gasteiger partial charge in [-0.15, -0.1) is 0 Å². The molecule has 2 aliphatic rings. The number of hydrogen-bond donors (Lipinski definition) is 1. The first-order valence-electron chi connectivity index (χ1n) is 11.7. The maximum Gasteiger partial charge on any atom is 0.435 e. The first-order valence-corrected chi connectivity index (χ1v) is 12.0. The highest BCUT2D eigenvalue weighted by atomic mass is 35.5. The largest absolute Gasteiger partial charge is 0.435 e. The van der Waals surface area contributed by atoms with E-state index in [1.165, 1.54) is 13.0 Å². The van der Waals surface area contributed by atoms with E-state index in [1.807, 2.05) is 0 Å². The van der Waals surface area contributed by atoms with Gasteiger partial charge in [-0.05, 0) is 42.3 Å². The number of rotatable bonds is 5. The number of hydrazine groups is 1. The van der Waals surface area contributed by atoms with Gasteiger partial charge in [0, 0.05) is 17.7 Å². The molecule has 1 N–H and O–H groups in total. The molecule has 7 nitrogen and oxygen atoms in total. The zero-order valence-electron chi connectivity index (χ0n) is 20.9. The van der Waals surface area contributed by atoms with Gasteiger partial charge in [-0.1, -0.05) is 22.8 Å². The van der Waals surface area contributed by atoms with Crippen LogP contribution in [0.25, 0.3) is 0 Å². The molecule has 0 aromatic heterocycles. The molecule has 2 heterocycles. The van der Waals surface area contributed by atoms with Crippen LogP contribution >= 0.6 is 11.6 Å². The lowest BCUT2D eigenvalue weighted by atomic mass is 9.85. The van der Waals surface area contributed by atoms with Crippen LogP contribution in [0.15, 0.2) is 35.5 Å². The lowest BCUT2D eigenvalue weighted by Gasteiger charge is -2.30. The average Bonchev–Trinajstić information content (AvgIpc) is 3.44. The summed E-state index contributed by atoms with van der Waals surface area (Å²) in [5.41, 5.74) is -5.20. The number of amides is 3. The van der Waals surface area contributed by atoms with Crippen LogP contribution in [0.1, 0.15) is 39.0 Å². The van der Waals surface area contributed by atoms with Crippen LogP contribution in [0.2, 0.25) is 5.02 Å². The highest BCUT2D eigenvalue weighted by Crippen LogP contribution is 2.51. The van der Waals surface area contributed by atoms with E-state index in [4.69, 9.17) is 11.6 Å². The molecule has 2 aromatic carbocycles. The summed E-state index contributed by atoms with van der Waals surface area (Å²) in [6.07, 6.45) is -16.5. The van der Waals surface area contributed by atoms with Crippen molar-refractivity contribution >= 4 is 29.3 Å². The average molecular weight is 635 g/mol. The summed E-state index contributed by atoms with van der Waals surface area (Å²) in [4.78, 5) is 29.9. The monoisotopic (exact) mass is 634 g/mol. The number of nitrogens with one attached hydrogen (secondary N) is 1. The molecule has 0 radical (unpaired) electrons. The number of carbonyl (C=O) groups excluding carboxylic acids is 2. The van der Waals surface area contributed by atoms with E-state index in [0.29, 0.717) is 9.91 Å². The molecule has 1 saturated heterocycles. The van der Waals surface area contributed by atoms with Crippen LogP contribution < -0.4 is 5.43 Å². The highest BCUT2D eigenvalue weighted by Gasteiger charge is 2.64. The van der Waals surface area contributed by atoms with Crippen LogP contribution in [0, 0.1) is 12.7 Å². The van der Waals surface area contributed by atoms with Crippen molar-refractivity contribution in [3.05, 3.63) is 69.0 Å². The van der Waals surface area contributed by atoms with E-state index in [1.54, 1.807) is 0 Å². The van der Waals surface area contributed by atoms with Gasteiger partial charge in [0.25, 0.3) is 11.5 Å². The number of aryl methyl sites for hydroxylation is 1. The van der Waals surface area contributed by atoms with Gasteiger partial charge in [-0.25, -0.2) is 14.2 Å². The lowest BCUT2D eigenvalue weighted by Crippen LogP contribution is -2.46. The van der Waals surface area contributed by atoms with Gasteiger partial charge in [0.15, 0.2) is 0 Å². The number of hydrogen-bond acceptors (Lipinski definition) is 4. The van der Waals surface area contributed by atoms with Crippen molar-refractivity contribution in [1.82, 2.24) is 15.3 Å². The van der Waals surface area contributed by atoms with Crippen molar-refractivity contribution in [3.8, 4) is 0 Å². The summed E-state index contributed by atoms with van der Waals surface area (Å²) in [5.74, 6) is -2.71. The zero-order valence-corrected chi connectivity index (χ0v) is 21.7.